The van der Waals surface area contributed by atoms with E-state index in [4.69, 9.17) is 0 Å². The van der Waals surface area contributed by atoms with Crippen LogP contribution in [0.3, 0.4) is 0 Å². The molecule has 0 aromatic carbocycles. The fourth-order valence-electron chi connectivity index (χ4n) is 2.85. The Morgan fingerprint density at radius 3 is 2.32 bits per heavy atom. The summed E-state index contributed by atoms with van der Waals surface area (Å²) in [4.78, 5) is 16.7. The molecule has 0 aromatic heterocycles. The van der Waals surface area contributed by atoms with Crippen LogP contribution in [0.15, 0.2) is 0 Å². The van der Waals surface area contributed by atoms with Gasteiger partial charge in [-0.1, -0.05) is 20.8 Å². The summed E-state index contributed by atoms with van der Waals surface area (Å²) in [5.74, 6) is 0.326. The van der Waals surface area contributed by atoms with Gasteiger partial charge in [0.1, 0.15) is 0 Å². The first kappa shape index (κ1) is 16.7. The standard InChI is InChI=1S/C14H27N3O.ClH/c1-14(2,3)10-13(18)17-8-6-16(7-9-17)12-4-5-15-11-12;/h12,15H,4-11H2,1-3H3;1H. The van der Waals surface area contributed by atoms with Gasteiger partial charge in [-0.15, -0.1) is 12.4 Å². The summed E-state index contributed by atoms with van der Waals surface area (Å²) in [6, 6.07) is 0.699. The van der Waals surface area contributed by atoms with E-state index in [-0.39, 0.29) is 17.8 Å². The number of amides is 1. The van der Waals surface area contributed by atoms with E-state index in [1.54, 1.807) is 0 Å². The van der Waals surface area contributed by atoms with Crippen molar-refractivity contribution >= 4 is 18.3 Å². The molecule has 4 nitrogen and oxygen atoms in total. The molecule has 0 saturated carbocycles. The van der Waals surface area contributed by atoms with Gasteiger partial charge in [0.2, 0.25) is 5.91 Å². The Bertz CT molecular complexity index is 290. The number of carbonyl (C=O) groups excluding carboxylic acids is 1. The molecule has 1 atom stereocenters. The van der Waals surface area contributed by atoms with Crippen molar-refractivity contribution in [1.82, 2.24) is 15.1 Å². The molecule has 2 aliphatic heterocycles. The van der Waals surface area contributed by atoms with E-state index < -0.39 is 0 Å². The van der Waals surface area contributed by atoms with Crippen LogP contribution in [0, 0.1) is 5.41 Å². The van der Waals surface area contributed by atoms with E-state index in [1.807, 2.05) is 4.90 Å². The Hall–Kier alpha value is -0.320. The maximum absolute atomic E-state index is 12.1. The molecule has 1 amide bonds. The number of hydrogen-bond acceptors (Lipinski definition) is 3. The van der Waals surface area contributed by atoms with Gasteiger partial charge < -0.3 is 10.2 Å². The van der Waals surface area contributed by atoms with Crippen molar-refractivity contribution < 1.29 is 4.79 Å². The van der Waals surface area contributed by atoms with Gasteiger partial charge in [0.25, 0.3) is 0 Å². The number of rotatable bonds is 2. The van der Waals surface area contributed by atoms with Gasteiger partial charge in [-0.2, -0.15) is 0 Å². The minimum atomic E-state index is 0. The van der Waals surface area contributed by atoms with Crippen LogP contribution in [0.1, 0.15) is 33.6 Å². The van der Waals surface area contributed by atoms with Gasteiger partial charge in [0, 0.05) is 45.2 Å². The number of piperazine rings is 1. The molecule has 0 spiro atoms. The fraction of sp³-hybridized carbons (Fsp3) is 0.929. The van der Waals surface area contributed by atoms with Crippen LogP contribution in [-0.4, -0.2) is 61.0 Å². The van der Waals surface area contributed by atoms with Gasteiger partial charge in [0.05, 0.1) is 0 Å². The lowest BCUT2D eigenvalue weighted by Crippen LogP contribution is -2.52. The van der Waals surface area contributed by atoms with Crippen molar-refractivity contribution in [1.29, 1.82) is 0 Å². The molecule has 1 N–H and O–H groups in total. The van der Waals surface area contributed by atoms with E-state index in [2.05, 4.69) is 31.0 Å². The first-order valence-corrected chi connectivity index (χ1v) is 7.18. The molecule has 19 heavy (non-hydrogen) atoms. The molecular weight excluding hydrogens is 262 g/mol. The van der Waals surface area contributed by atoms with Crippen LogP contribution in [0.5, 0.6) is 0 Å². The summed E-state index contributed by atoms with van der Waals surface area (Å²) in [5, 5.41) is 3.41. The largest absolute Gasteiger partial charge is 0.340 e. The summed E-state index contributed by atoms with van der Waals surface area (Å²) < 4.78 is 0. The molecule has 2 heterocycles. The normalized spacial score (nSPS) is 25.2. The number of halogens is 1. The Kier molecular flexibility index (Phi) is 6.09. The summed E-state index contributed by atoms with van der Waals surface area (Å²) in [6.45, 7) is 12.6. The van der Waals surface area contributed by atoms with Crippen molar-refractivity contribution in [2.24, 2.45) is 5.41 Å². The maximum Gasteiger partial charge on any atom is 0.223 e. The second-order valence-electron chi connectivity index (χ2n) is 6.80. The SMILES string of the molecule is CC(C)(C)CC(=O)N1CCN(C2CCNC2)CC1.Cl. The molecule has 112 valence electrons. The van der Waals surface area contributed by atoms with Gasteiger partial charge >= 0.3 is 0 Å². The monoisotopic (exact) mass is 289 g/mol. The van der Waals surface area contributed by atoms with E-state index >= 15 is 0 Å². The first-order valence-electron chi connectivity index (χ1n) is 7.18. The quantitative estimate of drug-likeness (QED) is 0.834. The third kappa shape index (κ3) is 4.93. The molecule has 1 unspecified atom stereocenters. The number of hydrogen-bond donors (Lipinski definition) is 1. The van der Waals surface area contributed by atoms with Crippen LogP contribution in [-0.2, 0) is 4.79 Å². The Morgan fingerprint density at radius 2 is 1.84 bits per heavy atom. The lowest BCUT2D eigenvalue weighted by atomic mass is 9.91. The minimum Gasteiger partial charge on any atom is -0.340 e. The first-order chi connectivity index (χ1) is 8.46. The van der Waals surface area contributed by atoms with E-state index in [1.165, 1.54) is 6.42 Å². The van der Waals surface area contributed by atoms with Crippen LogP contribution < -0.4 is 5.32 Å². The Morgan fingerprint density at radius 1 is 1.21 bits per heavy atom. The summed E-state index contributed by atoms with van der Waals surface area (Å²) in [6.07, 6.45) is 1.92. The topological polar surface area (TPSA) is 35.6 Å². The smallest absolute Gasteiger partial charge is 0.223 e. The van der Waals surface area contributed by atoms with Crippen molar-refractivity contribution in [2.45, 2.75) is 39.7 Å². The van der Waals surface area contributed by atoms with E-state index in [0.29, 0.717) is 18.4 Å². The summed E-state index contributed by atoms with van der Waals surface area (Å²) in [7, 11) is 0. The van der Waals surface area contributed by atoms with Crippen LogP contribution >= 0.6 is 12.4 Å². The van der Waals surface area contributed by atoms with Gasteiger partial charge in [-0.3, -0.25) is 9.69 Å². The number of nitrogens with zero attached hydrogens (tertiary/aromatic N) is 2. The average molecular weight is 290 g/mol. The molecule has 2 rings (SSSR count). The summed E-state index contributed by atoms with van der Waals surface area (Å²) >= 11 is 0. The van der Waals surface area contributed by atoms with Crippen LogP contribution in [0.25, 0.3) is 0 Å². The summed E-state index contributed by atoms with van der Waals surface area (Å²) in [5.41, 5.74) is 0.101. The molecule has 0 bridgehead atoms. The van der Waals surface area contributed by atoms with Crippen molar-refractivity contribution in [3.63, 3.8) is 0 Å². The number of nitrogens with one attached hydrogen (secondary N) is 1. The highest BCUT2D eigenvalue weighted by atomic mass is 35.5. The third-order valence-corrected chi connectivity index (χ3v) is 3.90. The predicted molar refractivity (Wildman–Crippen MR) is 80.7 cm³/mol. The molecule has 0 radical (unpaired) electrons. The van der Waals surface area contributed by atoms with Crippen molar-refractivity contribution in [3.8, 4) is 0 Å². The Balaban J connectivity index is 0.00000180. The molecule has 2 fully saturated rings. The lowest BCUT2D eigenvalue weighted by molar-refractivity contribution is -0.135. The molecule has 0 aromatic rings. The fourth-order valence-corrected chi connectivity index (χ4v) is 2.85. The van der Waals surface area contributed by atoms with Gasteiger partial charge in [-0.05, 0) is 18.4 Å². The maximum atomic E-state index is 12.1. The van der Waals surface area contributed by atoms with Crippen LogP contribution in [0.2, 0.25) is 0 Å². The highest BCUT2D eigenvalue weighted by molar-refractivity contribution is 5.85. The van der Waals surface area contributed by atoms with E-state index in [0.717, 1.165) is 39.3 Å². The lowest BCUT2D eigenvalue weighted by Gasteiger charge is -2.38. The van der Waals surface area contributed by atoms with Crippen molar-refractivity contribution in [3.05, 3.63) is 0 Å². The molecular formula is C14H28ClN3O. The zero-order valence-corrected chi connectivity index (χ0v) is 13.3. The second-order valence-corrected chi connectivity index (χ2v) is 6.80. The van der Waals surface area contributed by atoms with Gasteiger partial charge in [0.15, 0.2) is 0 Å². The molecule has 2 aliphatic rings. The molecule has 5 heteroatoms. The zero-order valence-electron chi connectivity index (χ0n) is 12.4. The van der Waals surface area contributed by atoms with Crippen LogP contribution in [0.4, 0.5) is 0 Å². The molecule has 2 saturated heterocycles. The average Bonchev–Trinajstić information content (AvgIpc) is 2.80. The third-order valence-electron chi connectivity index (χ3n) is 3.90. The van der Waals surface area contributed by atoms with Gasteiger partial charge in [-0.25, -0.2) is 0 Å². The Labute approximate surface area is 123 Å². The highest BCUT2D eigenvalue weighted by Crippen LogP contribution is 2.21. The van der Waals surface area contributed by atoms with Crippen molar-refractivity contribution in [2.75, 3.05) is 39.3 Å². The predicted octanol–water partition coefficient (Wildman–Crippen LogP) is 1.35. The number of carbonyl (C=O) groups is 1. The second kappa shape index (κ2) is 6.91. The van der Waals surface area contributed by atoms with E-state index in [9.17, 15) is 4.79 Å². The minimum absolute atomic E-state index is 0. The zero-order chi connectivity index (χ0) is 13.2. The highest BCUT2D eigenvalue weighted by Gasteiger charge is 2.28. The molecule has 0 aliphatic carbocycles.